The smallest absolute Gasteiger partial charge is 0.154 e. The lowest BCUT2D eigenvalue weighted by molar-refractivity contribution is 0.112. The number of likely N-dealkylation sites (N-methyl/N-ethyl adjacent to an activating group) is 1. The number of rotatable bonds is 4. The maximum absolute atomic E-state index is 5.07. The molecule has 2 fully saturated rings. The van der Waals surface area contributed by atoms with Crippen molar-refractivity contribution in [3.8, 4) is 0 Å². The minimum absolute atomic E-state index is 0.340. The fraction of sp³-hybridized carbons (Fsp3) is 0.619. The highest BCUT2D eigenvalue weighted by Gasteiger charge is 2.34. The molecule has 1 saturated heterocycles. The number of hydrogen-bond acceptors (Lipinski definition) is 4. The highest BCUT2D eigenvalue weighted by Crippen LogP contribution is 2.40. The summed E-state index contributed by atoms with van der Waals surface area (Å²) in [6, 6.07) is 9.64. The van der Waals surface area contributed by atoms with Gasteiger partial charge in [-0.15, -0.1) is 0 Å². The van der Waals surface area contributed by atoms with Crippen LogP contribution in [0.1, 0.15) is 60.5 Å². The van der Waals surface area contributed by atoms with E-state index in [1.165, 1.54) is 29.8 Å². The van der Waals surface area contributed by atoms with E-state index < -0.39 is 0 Å². The summed E-state index contributed by atoms with van der Waals surface area (Å²) in [5.74, 6) is 2.89. The van der Waals surface area contributed by atoms with Crippen LogP contribution in [-0.4, -0.2) is 57.8 Å². The standard InChI is InChI=1S/C21H29N5/c1-15(25-11-9-24(2)10-12-25)21-22-20(16-7-8-16)23-26(21)19-13-17-5-3-4-6-18(17)14-19/h3-6,15-16,19H,7-14H2,1-2H3/t15-/m1/s1. The van der Waals surface area contributed by atoms with Gasteiger partial charge in [0, 0.05) is 32.1 Å². The second kappa shape index (κ2) is 6.46. The Bertz CT molecular complexity index is 760. The molecule has 0 bridgehead atoms. The van der Waals surface area contributed by atoms with Crippen molar-refractivity contribution in [2.24, 2.45) is 0 Å². The molecule has 0 spiro atoms. The van der Waals surface area contributed by atoms with Crippen molar-refractivity contribution in [2.75, 3.05) is 33.2 Å². The van der Waals surface area contributed by atoms with Crippen molar-refractivity contribution in [1.82, 2.24) is 24.6 Å². The quantitative estimate of drug-likeness (QED) is 0.849. The Balaban J connectivity index is 1.44. The molecule has 1 atom stereocenters. The van der Waals surface area contributed by atoms with Gasteiger partial charge in [-0.1, -0.05) is 24.3 Å². The zero-order valence-electron chi connectivity index (χ0n) is 15.9. The van der Waals surface area contributed by atoms with E-state index in [0.29, 0.717) is 18.0 Å². The monoisotopic (exact) mass is 351 g/mol. The van der Waals surface area contributed by atoms with E-state index in [1.807, 2.05) is 0 Å². The Labute approximate surface area is 156 Å². The molecule has 0 amide bonds. The first kappa shape index (κ1) is 16.5. The van der Waals surface area contributed by atoms with Crippen molar-refractivity contribution in [1.29, 1.82) is 0 Å². The molecule has 0 N–H and O–H groups in total. The highest BCUT2D eigenvalue weighted by molar-refractivity contribution is 5.33. The lowest BCUT2D eigenvalue weighted by atomic mass is 10.1. The van der Waals surface area contributed by atoms with E-state index in [0.717, 1.165) is 44.8 Å². The molecule has 0 unspecified atom stereocenters. The summed E-state index contributed by atoms with van der Waals surface area (Å²) in [5, 5.41) is 5.04. The maximum Gasteiger partial charge on any atom is 0.154 e. The Morgan fingerprint density at radius 2 is 1.65 bits per heavy atom. The second-order valence-corrected chi connectivity index (χ2v) is 8.39. The summed E-state index contributed by atoms with van der Waals surface area (Å²) in [5.41, 5.74) is 2.97. The van der Waals surface area contributed by atoms with Gasteiger partial charge in [-0.05, 0) is 50.8 Å². The highest BCUT2D eigenvalue weighted by atomic mass is 15.4. The molecule has 5 nitrogen and oxygen atoms in total. The van der Waals surface area contributed by atoms with Crippen molar-refractivity contribution >= 4 is 0 Å². The van der Waals surface area contributed by atoms with Crippen LogP contribution in [0.25, 0.3) is 0 Å². The number of fused-ring (bicyclic) bond motifs is 1. The van der Waals surface area contributed by atoms with E-state index in [9.17, 15) is 0 Å². The van der Waals surface area contributed by atoms with Gasteiger partial charge in [0.2, 0.25) is 0 Å². The van der Waals surface area contributed by atoms with Crippen LogP contribution in [0.15, 0.2) is 24.3 Å². The Hall–Kier alpha value is -1.72. The summed E-state index contributed by atoms with van der Waals surface area (Å²) >= 11 is 0. The fourth-order valence-corrected chi connectivity index (χ4v) is 4.50. The van der Waals surface area contributed by atoms with Gasteiger partial charge in [0.1, 0.15) is 5.82 Å². The zero-order chi connectivity index (χ0) is 17.7. The van der Waals surface area contributed by atoms with Gasteiger partial charge in [-0.2, -0.15) is 5.10 Å². The Morgan fingerprint density at radius 1 is 1.00 bits per heavy atom. The Kier molecular flexibility index (Phi) is 4.09. The number of benzene rings is 1. The van der Waals surface area contributed by atoms with Crippen molar-refractivity contribution in [2.45, 2.75) is 50.6 Å². The van der Waals surface area contributed by atoms with Gasteiger partial charge >= 0.3 is 0 Å². The number of nitrogens with zero attached hydrogens (tertiary/aromatic N) is 5. The minimum atomic E-state index is 0.340. The van der Waals surface area contributed by atoms with Gasteiger partial charge in [-0.25, -0.2) is 9.67 Å². The van der Waals surface area contributed by atoms with Crippen molar-refractivity contribution < 1.29 is 0 Å². The molecular formula is C21H29N5. The van der Waals surface area contributed by atoms with Crippen LogP contribution in [0.4, 0.5) is 0 Å². The van der Waals surface area contributed by atoms with Crippen LogP contribution in [0, 0.1) is 0 Å². The molecule has 1 aromatic carbocycles. The fourth-order valence-electron chi connectivity index (χ4n) is 4.50. The molecule has 1 aliphatic heterocycles. The molecule has 2 heterocycles. The van der Waals surface area contributed by atoms with E-state index in [2.05, 4.69) is 52.7 Å². The van der Waals surface area contributed by atoms with Gasteiger partial charge in [0.15, 0.2) is 5.82 Å². The summed E-state index contributed by atoms with van der Waals surface area (Å²) < 4.78 is 2.30. The predicted molar refractivity (Wildman–Crippen MR) is 102 cm³/mol. The predicted octanol–water partition coefficient (Wildman–Crippen LogP) is 2.80. The largest absolute Gasteiger partial charge is 0.304 e. The Morgan fingerprint density at radius 3 is 2.27 bits per heavy atom. The summed E-state index contributed by atoms with van der Waals surface area (Å²) in [6.45, 7) is 6.85. The number of piperazine rings is 1. The van der Waals surface area contributed by atoms with E-state index in [-0.39, 0.29) is 0 Å². The third kappa shape index (κ3) is 2.97. The second-order valence-electron chi connectivity index (χ2n) is 8.39. The zero-order valence-corrected chi connectivity index (χ0v) is 15.9. The summed E-state index contributed by atoms with van der Waals surface area (Å²) in [6.07, 6.45) is 4.70. The van der Waals surface area contributed by atoms with E-state index in [1.54, 1.807) is 0 Å². The third-order valence-electron chi connectivity index (χ3n) is 6.45. The average Bonchev–Trinajstić information content (AvgIpc) is 3.27. The molecule has 1 saturated carbocycles. The molecule has 2 aromatic rings. The molecule has 5 heteroatoms. The normalized spacial score (nSPS) is 23.3. The van der Waals surface area contributed by atoms with Crippen LogP contribution >= 0.6 is 0 Å². The first-order chi connectivity index (χ1) is 12.7. The van der Waals surface area contributed by atoms with Crippen molar-refractivity contribution in [3.63, 3.8) is 0 Å². The molecule has 5 rings (SSSR count). The van der Waals surface area contributed by atoms with Gasteiger partial charge in [0.05, 0.1) is 12.1 Å². The van der Waals surface area contributed by atoms with Crippen LogP contribution in [-0.2, 0) is 12.8 Å². The minimum Gasteiger partial charge on any atom is -0.304 e. The summed E-state index contributed by atoms with van der Waals surface area (Å²) in [4.78, 5) is 10.1. The summed E-state index contributed by atoms with van der Waals surface area (Å²) in [7, 11) is 2.21. The SMILES string of the molecule is C[C@H](c1nc(C2CC2)nn1C1Cc2ccccc2C1)N1CCN(C)CC1. The lowest BCUT2D eigenvalue weighted by Gasteiger charge is -2.36. The molecular weight excluding hydrogens is 322 g/mol. The van der Waals surface area contributed by atoms with Gasteiger partial charge < -0.3 is 4.90 Å². The molecule has 1 aromatic heterocycles. The average molecular weight is 351 g/mol. The van der Waals surface area contributed by atoms with Crippen LogP contribution < -0.4 is 0 Å². The van der Waals surface area contributed by atoms with Crippen LogP contribution in [0.5, 0.6) is 0 Å². The van der Waals surface area contributed by atoms with E-state index in [4.69, 9.17) is 10.1 Å². The topological polar surface area (TPSA) is 37.2 Å². The van der Waals surface area contributed by atoms with Crippen LogP contribution in [0.3, 0.4) is 0 Å². The van der Waals surface area contributed by atoms with Crippen LogP contribution in [0.2, 0.25) is 0 Å². The third-order valence-corrected chi connectivity index (χ3v) is 6.45. The molecule has 0 radical (unpaired) electrons. The van der Waals surface area contributed by atoms with Gasteiger partial charge in [-0.3, -0.25) is 4.90 Å². The molecule has 2 aliphatic carbocycles. The molecule has 26 heavy (non-hydrogen) atoms. The maximum atomic E-state index is 5.07. The lowest BCUT2D eigenvalue weighted by Crippen LogP contribution is -2.45. The molecule has 138 valence electrons. The number of hydrogen-bond donors (Lipinski definition) is 0. The molecule has 3 aliphatic rings. The van der Waals surface area contributed by atoms with E-state index >= 15 is 0 Å². The number of aromatic nitrogens is 3. The first-order valence-electron chi connectivity index (χ1n) is 10.1. The van der Waals surface area contributed by atoms with Crippen molar-refractivity contribution in [3.05, 3.63) is 47.0 Å². The van der Waals surface area contributed by atoms with Gasteiger partial charge in [0.25, 0.3) is 0 Å². The first-order valence-corrected chi connectivity index (χ1v) is 10.1.